The average Bonchev–Trinajstić information content (AvgIpc) is 2.83. The lowest BCUT2D eigenvalue weighted by molar-refractivity contribution is -0.116. The van der Waals surface area contributed by atoms with Crippen molar-refractivity contribution in [1.29, 1.82) is 0 Å². The summed E-state index contributed by atoms with van der Waals surface area (Å²) in [6, 6.07) is 0. The van der Waals surface area contributed by atoms with Gasteiger partial charge in [-0.3, -0.25) is 4.79 Å². The van der Waals surface area contributed by atoms with E-state index < -0.39 is 0 Å². The zero-order valence-corrected chi connectivity index (χ0v) is 14.1. The first kappa shape index (κ1) is 15.5. The van der Waals surface area contributed by atoms with Crippen LogP contribution < -0.4 is 0 Å². The molecule has 7 atom stereocenters. The number of carbonyl (C=O) groups excluding carboxylic acids is 1. The summed E-state index contributed by atoms with van der Waals surface area (Å²) in [6.45, 7) is 2.31. The molecule has 3 fully saturated rings. The van der Waals surface area contributed by atoms with E-state index in [4.69, 9.17) is 6.42 Å². The van der Waals surface area contributed by atoms with Crippen molar-refractivity contribution in [2.75, 3.05) is 0 Å². The third-order valence-corrected chi connectivity index (χ3v) is 7.80. The van der Waals surface area contributed by atoms with E-state index in [1.165, 1.54) is 12.0 Å². The third-order valence-electron chi connectivity index (χ3n) is 7.80. The second kappa shape index (κ2) is 5.49. The van der Waals surface area contributed by atoms with Crippen LogP contribution in [0.1, 0.15) is 58.3 Å². The van der Waals surface area contributed by atoms with Crippen LogP contribution in [0.2, 0.25) is 0 Å². The fourth-order valence-corrected chi connectivity index (χ4v) is 6.71. The van der Waals surface area contributed by atoms with Gasteiger partial charge in [-0.05, 0) is 79.6 Å². The molecule has 4 aliphatic carbocycles. The smallest absolute Gasteiger partial charge is 0.155 e. The number of hydrogen-bond acceptors (Lipinski definition) is 2. The van der Waals surface area contributed by atoms with Crippen molar-refractivity contribution in [3.63, 3.8) is 0 Å². The van der Waals surface area contributed by atoms with Crippen LogP contribution in [0.5, 0.6) is 0 Å². The average molecular weight is 312 g/mol. The van der Waals surface area contributed by atoms with Crippen molar-refractivity contribution < 1.29 is 9.90 Å². The number of hydrogen-bond donors (Lipinski definition) is 1. The van der Waals surface area contributed by atoms with E-state index in [9.17, 15) is 9.90 Å². The Hall–Kier alpha value is -1.07. The van der Waals surface area contributed by atoms with E-state index in [-0.39, 0.29) is 11.5 Å². The summed E-state index contributed by atoms with van der Waals surface area (Å²) in [4.78, 5) is 11.9. The van der Waals surface area contributed by atoms with Crippen molar-refractivity contribution >= 4 is 5.78 Å². The first-order valence-corrected chi connectivity index (χ1v) is 9.39. The Balaban J connectivity index is 1.71. The van der Waals surface area contributed by atoms with Gasteiger partial charge in [0.25, 0.3) is 0 Å². The van der Waals surface area contributed by atoms with Crippen molar-refractivity contribution in [3.05, 3.63) is 11.6 Å². The Kier molecular flexibility index (Phi) is 3.69. The SMILES string of the molecule is C#CC[C@@H]1CC2=CC(=O)CC[C@@H]2[C@H]2CC[C@]3(C)[C@@H](O)CC[C@H]3[C@H]12. The first-order valence-electron chi connectivity index (χ1n) is 9.39. The zero-order chi connectivity index (χ0) is 16.2. The summed E-state index contributed by atoms with van der Waals surface area (Å²) < 4.78 is 0. The molecule has 4 aliphatic rings. The summed E-state index contributed by atoms with van der Waals surface area (Å²) in [5.74, 6) is 6.29. The van der Waals surface area contributed by atoms with Gasteiger partial charge in [0.15, 0.2) is 5.78 Å². The predicted octanol–water partition coefficient (Wildman–Crippen LogP) is 3.74. The second-order valence-corrected chi connectivity index (χ2v) is 8.69. The Morgan fingerprint density at radius 2 is 2.17 bits per heavy atom. The molecule has 3 saturated carbocycles. The fourth-order valence-electron chi connectivity index (χ4n) is 6.71. The van der Waals surface area contributed by atoms with Gasteiger partial charge >= 0.3 is 0 Å². The predicted molar refractivity (Wildman–Crippen MR) is 90.4 cm³/mol. The van der Waals surface area contributed by atoms with Gasteiger partial charge in [-0.2, -0.15) is 0 Å². The van der Waals surface area contributed by atoms with Crippen LogP contribution in [-0.2, 0) is 4.79 Å². The Morgan fingerprint density at radius 1 is 1.35 bits per heavy atom. The summed E-state index contributed by atoms with van der Waals surface area (Å²) in [5, 5.41) is 10.6. The van der Waals surface area contributed by atoms with Gasteiger partial charge in [0.1, 0.15) is 0 Å². The molecule has 4 rings (SSSR count). The zero-order valence-electron chi connectivity index (χ0n) is 14.1. The number of fused-ring (bicyclic) bond motifs is 5. The number of terminal acetylenes is 1. The van der Waals surface area contributed by atoms with Crippen molar-refractivity contribution in [2.24, 2.45) is 35.0 Å². The Labute approximate surface area is 139 Å². The van der Waals surface area contributed by atoms with E-state index in [0.29, 0.717) is 35.4 Å². The van der Waals surface area contributed by atoms with Gasteiger partial charge in [-0.25, -0.2) is 0 Å². The van der Waals surface area contributed by atoms with Gasteiger partial charge in [0, 0.05) is 12.8 Å². The molecule has 0 spiro atoms. The molecule has 0 heterocycles. The molecular formula is C21H28O2. The largest absolute Gasteiger partial charge is 0.393 e. The molecule has 0 aromatic heterocycles. The minimum Gasteiger partial charge on any atom is -0.393 e. The van der Waals surface area contributed by atoms with E-state index in [2.05, 4.69) is 12.8 Å². The lowest BCUT2D eigenvalue weighted by atomic mass is 9.49. The molecule has 0 bridgehead atoms. The quantitative estimate of drug-likeness (QED) is 0.749. The molecule has 2 heteroatoms. The van der Waals surface area contributed by atoms with E-state index >= 15 is 0 Å². The van der Waals surface area contributed by atoms with Gasteiger partial charge < -0.3 is 5.11 Å². The molecule has 124 valence electrons. The summed E-state index contributed by atoms with van der Waals surface area (Å²) in [7, 11) is 0. The van der Waals surface area contributed by atoms with Gasteiger partial charge in [0.2, 0.25) is 0 Å². The minimum absolute atomic E-state index is 0.0969. The number of carbonyl (C=O) groups is 1. The molecule has 0 aliphatic heterocycles. The highest BCUT2D eigenvalue weighted by Crippen LogP contribution is 2.63. The van der Waals surface area contributed by atoms with Gasteiger partial charge in [-0.1, -0.05) is 12.5 Å². The summed E-state index contributed by atoms with van der Waals surface area (Å²) >= 11 is 0. The van der Waals surface area contributed by atoms with Crippen molar-refractivity contribution in [1.82, 2.24) is 0 Å². The van der Waals surface area contributed by atoms with Crippen LogP contribution in [0.15, 0.2) is 11.6 Å². The Morgan fingerprint density at radius 3 is 2.96 bits per heavy atom. The monoisotopic (exact) mass is 312 g/mol. The molecule has 0 amide bonds. The standard InChI is InChI=1S/C21H28O2/c1-3-4-13-11-14-12-15(22)5-6-16(14)17-9-10-21(2)18(20(13)17)7-8-19(21)23/h1,12-13,16-20,23H,4-11H2,2H3/t13-,16+,17-,18+,19+,20-,21+/m1/s1. The molecule has 0 aromatic carbocycles. The van der Waals surface area contributed by atoms with Crippen LogP contribution in [0.25, 0.3) is 0 Å². The number of allylic oxidation sites excluding steroid dienone is 1. The molecule has 2 nitrogen and oxygen atoms in total. The highest BCUT2D eigenvalue weighted by molar-refractivity contribution is 5.91. The maximum atomic E-state index is 11.9. The second-order valence-electron chi connectivity index (χ2n) is 8.69. The van der Waals surface area contributed by atoms with E-state index in [1.807, 2.05) is 6.08 Å². The van der Waals surface area contributed by atoms with Crippen LogP contribution >= 0.6 is 0 Å². The van der Waals surface area contributed by atoms with Crippen LogP contribution in [0.4, 0.5) is 0 Å². The van der Waals surface area contributed by atoms with Gasteiger partial charge in [0.05, 0.1) is 6.10 Å². The maximum absolute atomic E-state index is 11.9. The van der Waals surface area contributed by atoms with Gasteiger partial charge in [-0.15, -0.1) is 12.3 Å². The Bertz CT molecular complexity index is 583. The topological polar surface area (TPSA) is 37.3 Å². The molecule has 0 aromatic rings. The van der Waals surface area contributed by atoms with Crippen molar-refractivity contribution in [3.8, 4) is 12.3 Å². The molecular weight excluding hydrogens is 284 g/mol. The minimum atomic E-state index is -0.134. The van der Waals surface area contributed by atoms with Crippen LogP contribution in [-0.4, -0.2) is 17.0 Å². The van der Waals surface area contributed by atoms with Crippen LogP contribution in [0, 0.1) is 47.3 Å². The fraction of sp³-hybridized carbons (Fsp3) is 0.762. The highest BCUT2D eigenvalue weighted by Gasteiger charge is 2.58. The molecule has 0 unspecified atom stereocenters. The van der Waals surface area contributed by atoms with Crippen LogP contribution in [0.3, 0.4) is 0 Å². The maximum Gasteiger partial charge on any atom is 0.155 e. The number of aliphatic hydroxyl groups is 1. The number of rotatable bonds is 1. The molecule has 0 radical (unpaired) electrons. The molecule has 1 N–H and O–H groups in total. The molecule has 23 heavy (non-hydrogen) atoms. The number of aliphatic hydroxyl groups excluding tert-OH is 1. The number of ketones is 1. The highest BCUT2D eigenvalue weighted by atomic mass is 16.3. The summed E-state index contributed by atoms with van der Waals surface area (Å²) in [6.07, 6.45) is 15.6. The first-order chi connectivity index (χ1) is 11.0. The summed E-state index contributed by atoms with van der Waals surface area (Å²) in [5.41, 5.74) is 1.49. The normalized spacial score (nSPS) is 48.7. The molecule has 0 saturated heterocycles. The third kappa shape index (κ3) is 2.23. The van der Waals surface area contributed by atoms with E-state index in [1.54, 1.807) is 0 Å². The van der Waals surface area contributed by atoms with Crippen molar-refractivity contribution in [2.45, 2.75) is 64.4 Å². The van der Waals surface area contributed by atoms with E-state index in [0.717, 1.165) is 44.9 Å². The lowest BCUT2D eigenvalue weighted by Gasteiger charge is -2.56. The lowest BCUT2D eigenvalue weighted by Crippen LogP contribution is -2.50.